The normalized spacial score (nSPS) is 13.1. The lowest BCUT2D eigenvalue weighted by atomic mass is 10.0. The van der Waals surface area contributed by atoms with Crippen molar-refractivity contribution in [3.8, 4) is 0 Å². The molecule has 0 fully saturated rings. The summed E-state index contributed by atoms with van der Waals surface area (Å²) in [7, 11) is 5.41. The van der Waals surface area contributed by atoms with E-state index in [4.69, 9.17) is 14.2 Å². The lowest BCUT2D eigenvalue weighted by Crippen LogP contribution is -2.55. The Labute approximate surface area is 339 Å². The number of allylic oxidation sites excluding steroid dienone is 4. The fourth-order valence-electron chi connectivity index (χ4n) is 6.77. The Morgan fingerprint density at radius 3 is 1.40 bits per heavy atom. The molecular formula is C47H87NO7. The molecule has 0 saturated carbocycles. The lowest BCUT2D eigenvalue weighted by Gasteiger charge is -2.34. The number of nitrogens with zero attached hydrogens (tertiary/aromatic N) is 1. The molecule has 0 rings (SSSR count). The second kappa shape index (κ2) is 38.7. The molecule has 0 aromatic carbocycles. The molecule has 0 amide bonds. The van der Waals surface area contributed by atoms with E-state index in [1.165, 1.54) is 116 Å². The second-order valence-electron chi connectivity index (χ2n) is 16.7. The summed E-state index contributed by atoms with van der Waals surface area (Å²) in [5, 5.41) is 11.6. The van der Waals surface area contributed by atoms with Crippen LogP contribution in [0.25, 0.3) is 0 Å². The van der Waals surface area contributed by atoms with Gasteiger partial charge in [0.2, 0.25) is 0 Å². The van der Waals surface area contributed by atoms with Crippen molar-refractivity contribution in [1.29, 1.82) is 0 Å². The number of unbranched alkanes of at least 4 members (excludes halogenated alkanes) is 24. The van der Waals surface area contributed by atoms with Crippen LogP contribution in [0.2, 0.25) is 0 Å². The Hall–Kier alpha value is -2.19. The Balaban J connectivity index is 4.32. The lowest BCUT2D eigenvalue weighted by molar-refractivity contribution is -0.889. The highest BCUT2D eigenvalue weighted by Gasteiger charge is 2.25. The molecule has 0 aromatic rings. The molecule has 0 aliphatic rings. The molecule has 0 heterocycles. The Bertz CT molecular complexity index is 957. The number of carbonyl (C=O) groups is 3. The predicted octanol–water partition coefficient (Wildman–Crippen LogP) is 11.1. The highest BCUT2D eigenvalue weighted by Crippen LogP contribution is 2.15. The summed E-state index contributed by atoms with van der Waals surface area (Å²) >= 11 is 0. The number of esters is 2. The van der Waals surface area contributed by atoms with Crippen LogP contribution in [0.4, 0.5) is 0 Å². The van der Waals surface area contributed by atoms with Crippen LogP contribution in [0.3, 0.4) is 0 Å². The van der Waals surface area contributed by atoms with E-state index in [2.05, 4.69) is 38.2 Å². The largest absolute Gasteiger partial charge is 0.544 e. The maximum absolute atomic E-state index is 12.7. The standard InChI is InChI=1S/C47H87NO7/c1-6-8-10-12-14-16-18-20-22-24-25-27-29-31-33-35-37-45(49)54-42-43(41-53-40-39-44(47(51)52)48(3,4)5)55-46(50)38-36-34-32-30-28-26-23-21-19-17-15-13-11-9-7-2/h15,17,19,21,43-44H,6-14,16,18,20,22-42H2,1-5H3/b17-15+,21-19+. The number of carboxylic acid groups (broad SMARTS) is 1. The van der Waals surface area contributed by atoms with Crippen LogP contribution in [0.1, 0.15) is 206 Å². The molecule has 0 bridgehead atoms. The van der Waals surface area contributed by atoms with Gasteiger partial charge >= 0.3 is 11.9 Å². The van der Waals surface area contributed by atoms with Gasteiger partial charge in [-0.2, -0.15) is 0 Å². The molecular weight excluding hydrogens is 691 g/mol. The minimum absolute atomic E-state index is 0.0398. The van der Waals surface area contributed by atoms with Gasteiger partial charge in [-0.05, 0) is 38.5 Å². The van der Waals surface area contributed by atoms with Crippen molar-refractivity contribution in [2.24, 2.45) is 0 Å². The summed E-state index contributed by atoms with van der Waals surface area (Å²) < 4.78 is 17.2. The molecule has 0 saturated heterocycles. The molecule has 8 heteroatoms. The Kier molecular flexibility index (Phi) is 37.1. The average molecular weight is 778 g/mol. The van der Waals surface area contributed by atoms with Crippen LogP contribution in [0, 0.1) is 0 Å². The molecule has 0 spiro atoms. The Morgan fingerprint density at radius 2 is 0.945 bits per heavy atom. The third-order valence-corrected chi connectivity index (χ3v) is 10.4. The van der Waals surface area contributed by atoms with Crippen molar-refractivity contribution < 1.29 is 38.2 Å². The number of hydrogen-bond acceptors (Lipinski definition) is 7. The van der Waals surface area contributed by atoms with E-state index in [-0.39, 0.29) is 42.7 Å². The molecule has 0 aliphatic carbocycles. The van der Waals surface area contributed by atoms with E-state index in [0.29, 0.717) is 12.8 Å². The molecule has 0 aliphatic heterocycles. The van der Waals surface area contributed by atoms with E-state index in [0.717, 1.165) is 57.8 Å². The summed E-state index contributed by atoms with van der Waals surface area (Å²) in [6.45, 7) is 4.64. The number of carboxylic acids is 1. The van der Waals surface area contributed by atoms with Gasteiger partial charge in [-0.15, -0.1) is 0 Å². The van der Waals surface area contributed by atoms with E-state index in [1.54, 1.807) is 21.1 Å². The maximum atomic E-state index is 12.7. The quantitative estimate of drug-likeness (QED) is 0.0264. The first kappa shape index (κ1) is 52.8. The topological polar surface area (TPSA) is 102 Å². The monoisotopic (exact) mass is 778 g/mol. The number of ether oxygens (including phenoxy) is 3. The van der Waals surface area contributed by atoms with Crippen LogP contribution in [0.5, 0.6) is 0 Å². The molecule has 0 N–H and O–H groups in total. The maximum Gasteiger partial charge on any atom is 0.306 e. The highest BCUT2D eigenvalue weighted by molar-refractivity contribution is 5.70. The molecule has 322 valence electrons. The van der Waals surface area contributed by atoms with E-state index in [1.807, 2.05) is 0 Å². The summed E-state index contributed by atoms with van der Waals surface area (Å²) in [5.74, 6) is -1.74. The van der Waals surface area contributed by atoms with Gasteiger partial charge in [0.15, 0.2) is 6.10 Å². The van der Waals surface area contributed by atoms with E-state index < -0.39 is 18.1 Å². The first-order valence-corrected chi connectivity index (χ1v) is 22.9. The van der Waals surface area contributed by atoms with Crippen molar-refractivity contribution in [2.45, 2.75) is 219 Å². The smallest absolute Gasteiger partial charge is 0.306 e. The molecule has 55 heavy (non-hydrogen) atoms. The van der Waals surface area contributed by atoms with Crippen molar-refractivity contribution in [3.05, 3.63) is 24.3 Å². The Morgan fingerprint density at radius 1 is 0.545 bits per heavy atom. The molecule has 0 radical (unpaired) electrons. The second-order valence-corrected chi connectivity index (χ2v) is 16.7. The number of aliphatic carboxylic acids is 1. The van der Waals surface area contributed by atoms with Crippen LogP contribution in [-0.2, 0) is 28.6 Å². The minimum atomic E-state index is -1.13. The summed E-state index contributed by atoms with van der Waals surface area (Å²) in [6.07, 6.45) is 41.9. The number of hydrogen-bond donors (Lipinski definition) is 0. The van der Waals surface area contributed by atoms with Gasteiger partial charge in [0, 0.05) is 19.3 Å². The molecule has 8 nitrogen and oxygen atoms in total. The number of likely N-dealkylation sites (N-methyl/N-ethyl adjacent to an activating group) is 1. The zero-order valence-corrected chi connectivity index (χ0v) is 36.6. The van der Waals surface area contributed by atoms with Gasteiger partial charge in [0.1, 0.15) is 12.6 Å². The molecule has 2 atom stereocenters. The molecule has 2 unspecified atom stereocenters. The van der Waals surface area contributed by atoms with Crippen LogP contribution < -0.4 is 5.11 Å². The average Bonchev–Trinajstić information content (AvgIpc) is 3.14. The first-order chi connectivity index (χ1) is 26.6. The van der Waals surface area contributed by atoms with Crippen LogP contribution >= 0.6 is 0 Å². The number of carbonyl (C=O) groups excluding carboxylic acids is 3. The highest BCUT2D eigenvalue weighted by atomic mass is 16.6. The minimum Gasteiger partial charge on any atom is -0.544 e. The van der Waals surface area contributed by atoms with Crippen molar-refractivity contribution in [1.82, 2.24) is 0 Å². The summed E-state index contributed by atoms with van der Waals surface area (Å²) in [6, 6.07) is -0.725. The first-order valence-electron chi connectivity index (χ1n) is 22.9. The number of rotatable bonds is 41. The van der Waals surface area contributed by atoms with Crippen molar-refractivity contribution in [2.75, 3.05) is 41.0 Å². The summed E-state index contributed by atoms with van der Waals surface area (Å²) in [5.41, 5.74) is 0. The van der Waals surface area contributed by atoms with Crippen molar-refractivity contribution >= 4 is 17.9 Å². The van der Waals surface area contributed by atoms with Gasteiger partial charge in [0.25, 0.3) is 0 Å². The fourth-order valence-corrected chi connectivity index (χ4v) is 6.77. The zero-order valence-electron chi connectivity index (χ0n) is 36.6. The van der Waals surface area contributed by atoms with Gasteiger partial charge in [-0.1, -0.05) is 173 Å². The van der Waals surface area contributed by atoms with Gasteiger partial charge < -0.3 is 28.6 Å². The van der Waals surface area contributed by atoms with Gasteiger partial charge in [-0.25, -0.2) is 0 Å². The SMILES string of the molecule is CCCCC/C=C/C=C/CCCCCCCCC(=O)OC(COCCC(C(=O)[O-])[N+](C)(C)C)COC(=O)CCCCCCCCCCCCCCCCCC. The zero-order chi connectivity index (χ0) is 40.7. The summed E-state index contributed by atoms with van der Waals surface area (Å²) in [4.78, 5) is 36.9. The van der Waals surface area contributed by atoms with Gasteiger partial charge in [-0.3, -0.25) is 9.59 Å². The van der Waals surface area contributed by atoms with E-state index >= 15 is 0 Å². The van der Waals surface area contributed by atoms with Crippen LogP contribution in [0.15, 0.2) is 24.3 Å². The van der Waals surface area contributed by atoms with Gasteiger partial charge in [0.05, 0.1) is 40.3 Å². The molecule has 0 aromatic heterocycles. The van der Waals surface area contributed by atoms with Crippen LogP contribution in [-0.4, -0.2) is 75.5 Å². The third kappa shape index (κ3) is 37.2. The number of quaternary nitrogens is 1. The third-order valence-electron chi connectivity index (χ3n) is 10.4. The van der Waals surface area contributed by atoms with Crippen molar-refractivity contribution in [3.63, 3.8) is 0 Å². The fraction of sp³-hybridized carbons (Fsp3) is 0.851. The predicted molar refractivity (Wildman–Crippen MR) is 227 cm³/mol. The van der Waals surface area contributed by atoms with E-state index in [9.17, 15) is 19.5 Å².